The Morgan fingerprint density at radius 3 is 2.52 bits per heavy atom. The van der Waals surface area contributed by atoms with Crippen molar-refractivity contribution in [2.45, 2.75) is 38.6 Å². The molecule has 2 aliphatic rings. The van der Waals surface area contributed by atoms with Crippen LogP contribution >= 0.6 is 28.1 Å². The number of methoxy groups -OCH3 is 1. The molecule has 0 radical (unpaired) electrons. The molecule has 0 aliphatic carbocycles. The van der Waals surface area contributed by atoms with Crippen molar-refractivity contribution in [2.75, 3.05) is 24.0 Å². The number of ether oxygens (including phenoxy) is 1. The van der Waals surface area contributed by atoms with Gasteiger partial charge in [0, 0.05) is 34.4 Å². The zero-order valence-corrected chi connectivity index (χ0v) is 21.6. The molecule has 0 saturated carbocycles. The lowest BCUT2D eigenvalue weighted by molar-refractivity contribution is -0.122. The molecule has 2 heterocycles. The minimum absolute atomic E-state index is 0.00177. The minimum Gasteiger partial charge on any atom is -0.496 e. The summed E-state index contributed by atoms with van der Waals surface area (Å²) in [6.45, 7) is 6.64. The highest BCUT2D eigenvalue weighted by molar-refractivity contribution is 9.10. The van der Waals surface area contributed by atoms with E-state index in [1.165, 1.54) is 4.90 Å². The molecule has 33 heavy (non-hydrogen) atoms. The van der Waals surface area contributed by atoms with Gasteiger partial charge >= 0.3 is 0 Å². The van der Waals surface area contributed by atoms with Crippen LogP contribution in [0.5, 0.6) is 5.75 Å². The normalized spacial score (nSPS) is 21.2. The molecule has 0 bridgehead atoms. The van der Waals surface area contributed by atoms with Crippen LogP contribution in [0, 0.1) is 0 Å². The van der Waals surface area contributed by atoms with E-state index in [-0.39, 0.29) is 16.2 Å². The first-order valence-corrected chi connectivity index (χ1v) is 11.9. The summed E-state index contributed by atoms with van der Waals surface area (Å²) in [6, 6.07) is 11.2. The molecule has 172 valence electrons. The van der Waals surface area contributed by atoms with Crippen molar-refractivity contribution in [3.63, 3.8) is 0 Å². The summed E-state index contributed by atoms with van der Waals surface area (Å²) in [4.78, 5) is 29.7. The second kappa shape index (κ2) is 8.57. The zero-order valence-electron chi connectivity index (χ0n) is 19.2. The van der Waals surface area contributed by atoms with Gasteiger partial charge in [-0.05, 0) is 80.4 Å². The second-order valence-electron chi connectivity index (χ2n) is 9.06. The number of carbonyl (C=O) groups is 2. The SMILES string of the molecule is COc1cc2c(cc1/C=C1/C(=O)NC(=S)N(c3ccc(Br)cc3)C1=O)C(C)CC(C)(C)N2C. The van der Waals surface area contributed by atoms with Crippen LogP contribution in [0.1, 0.15) is 44.2 Å². The third-order valence-electron chi connectivity index (χ3n) is 6.47. The van der Waals surface area contributed by atoms with Gasteiger partial charge in [0.2, 0.25) is 0 Å². The molecular weight excluding hydrogens is 502 g/mol. The van der Waals surface area contributed by atoms with E-state index in [9.17, 15) is 9.59 Å². The molecule has 8 heteroatoms. The summed E-state index contributed by atoms with van der Waals surface area (Å²) < 4.78 is 6.54. The standard InChI is InChI=1S/C25H26BrN3O3S/c1-14-13-25(2,3)28(4)20-12-21(32-5)15(10-18(14)20)11-19-22(30)27-24(33)29(23(19)31)17-8-6-16(26)7-9-17/h6-12,14H,13H2,1-5H3,(H,27,30,33)/b19-11-. The topological polar surface area (TPSA) is 61.9 Å². The van der Waals surface area contributed by atoms with Crippen LogP contribution in [0.3, 0.4) is 0 Å². The van der Waals surface area contributed by atoms with Crippen molar-refractivity contribution in [3.8, 4) is 5.75 Å². The van der Waals surface area contributed by atoms with E-state index in [4.69, 9.17) is 17.0 Å². The molecule has 4 rings (SSSR count). The van der Waals surface area contributed by atoms with Crippen molar-refractivity contribution in [1.82, 2.24) is 5.32 Å². The number of amides is 2. The Labute approximate surface area is 207 Å². The molecular formula is C25H26BrN3O3S. The van der Waals surface area contributed by atoms with E-state index in [2.05, 4.69) is 54.0 Å². The maximum atomic E-state index is 13.4. The minimum atomic E-state index is -0.524. The highest BCUT2D eigenvalue weighted by atomic mass is 79.9. The van der Waals surface area contributed by atoms with Gasteiger partial charge in [-0.3, -0.25) is 19.8 Å². The first-order valence-electron chi connectivity index (χ1n) is 10.7. The van der Waals surface area contributed by atoms with Gasteiger partial charge in [0.25, 0.3) is 11.8 Å². The molecule has 1 atom stereocenters. The number of halogens is 1. The summed E-state index contributed by atoms with van der Waals surface area (Å²) in [5, 5.41) is 2.69. The van der Waals surface area contributed by atoms with E-state index in [1.807, 2.05) is 24.3 Å². The lowest BCUT2D eigenvalue weighted by Crippen LogP contribution is -2.54. The van der Waals surface area contributed by atoms with Gasteiger partial charge in [-0.2, -0.15) is 0 Å². The Morgan fingerprint density at radius 2 is 1.88 bits per heavy atom. The highest BCUT2D eigenvalue weighted by Crippen LogP contribution is 2.45. The molecule has 1 saturated heterocycles. The van der Waals surface area contributed by atoms with Crippen molar-refractivity contribution in [3.05, 3.63) is 57.6 Å². The lowest BCUT2D eigenvalue weighted by atomic mass is 9.79. The maximum absolute atomic E-state index is 13.4. The number of hydrogen-bond donors (Lipinski definition) is 1. The molecule has 2 aliphatic heterocycles. The first kappa shape index (κ1) is 23.4. The fourth-order valence-corrected chi connectivity index (χ4v) is 5.08. The number of thiocarbonyl (C=S) groups is 1. The van der Waals surface area contributed by atoms with Gasteiger partial charge in [0.05, 0.1) is 12.8 Å². The Bertz CT molecular complexity index is 1190. The van der Waals surface area contributed by atoms with Gasteiger partial charge in [-0.25, -0.2) is 0 Å². The predicted octanol–water partition coefficient (Wildman–Crippen LogP) is 5.01. The molecule has 2 amide bonds. The molecule has 2 aromatic rings. The number of fused-ring (bicyclic) bond motifs is 1. The molecule has 1 N–H and O–H groups in total. The van der Waals surface area contributed by atoms with Crippen molar-refractivity contribution in [1.29, 1.82) is 0 Å². The zero-order chi connectivity index (χ0) is 24.1. The van der Waals surface area contributed by atoms with Gasteiger partial charge in [-0.1, -0.05) is 22.9 Å². The van der Waals surface area contributed by atoms with E-state index >= 15 is 0 Å². The number of benzene rings is 2. The molecule has 1 unspecified atom stereocenters. The van der Waals surface area contributed by atoms with Crippen molar-refractivity contribution in [2.24, 2.45) is 0 Å². The number of nitrogens with one attached hydrogen (secondary N) is 1. The number of rotatable bonds is 3. The summed E-state index contributed by atoms with van der Waals surface area (Å²) in [5.41, 5.74) is 3.52. The molecule has 6 nitrogen and oxygen atoms in total. The third kappa shape index (κ3) is 4.17. The average Bonchev–Trinajstić information content (AvgIpc) is 2.75. The van der Waals surface area contributed by atoms with Crippen LogP contribution in [0.4, 0.5) is 11.4 Å². The number of hydrogen-bond acceptors (Lipinski definition) is 5. The number of nitrogens with zero attached hydrogens (tertiary/aromatic N) is 2. The Balaban J connectivity index is 1.80. The molecule has 0 aromatic heterocycles. The van der Waals surface area contributed by atoms with Crippen LogP contribution in [-0.2, 0) is 9.59 Å². The maximum Gasteiger partial charge on any atom is 0.270 e. The summed E-state index contributed by atoms with van der Waals surface area (Å²) >= 11 is 8.69. The third-order valence-corrected chi connectivity index (χ3v) is 7.28. The van der Waals surface area contributed by atoms with Crippen LogP contribution in [-0.4, -0.2) is 36.6 Å². The Morgan fingerprint density at radius 1 is 1.21 bits per heavy atom. The monoisotopic (exact) mass is 527 g/mol. The fraction of sp³-hybridized carbons (Fsp3) is 0.320. The predicted molar refractivity (Wildman–Crippen MR) is 139 cm³/mol. The quantitative estimate of drug-likeness (QED) is 0.345. The van der Waals surface area contributed by atoms with Crippen LogP contribution in [0.25, 0.3) is 6.08 Å². The van der Waals surface area contributed by atoms with Gasteiger partial charge < -0.3 is 9.64 Å². The summed E-state index contributed by atoms with van der Waals surface area (Å²) in [7, 11) is 3.67. The largest absolute Gasteiger partial charge is 0.496 e. The van der Waals surface area contributed by atoms with Gasteiger partial charge in [0.1, 0.15) is 11.3 Å². The lowest BCUT2D eigenvalue weighted by Gasteiger charge is -2.45. The van der Waals surface area contributed by atoms with Crippen molar-refractivity contribution >= 4 is 62.5 Å². The fourth-order valence-electron chi connectivity index (χ4n) is 4.54. The molecule has 0 spiro atoms. The second-order valence-corrected chi connectivity index (χ2v) is 10.4. The van der Waals surface area contributed by atoms with E-state index in [0.717, 1.165) is 22.1 Å². The Kier molecular flexibility index (Phi) is 6.09. The number of carbonyl (C=O) groups excluding carboxylic acids is 2. The van der Waals surface area contributed by atoms with E-state index in [1.54, 1.807) is 25.3 Å². The smallest absolute Gasteiger partial charge is 0.270 e. The molecule has 1 fully saturated rings. The average molecular weight is 528 g/mol. The summed E-state index contributed by atoms with van der Waals surface area (Å²) in [6.07, 6.45) is 2.58. The van der Waals surface area contributed by atoms with Crippen LogP contribution in [0.2, 0.25) is 0 Å². The van der Waals surface area contributed by atoms with Crippen LogP contribution < -0.4 is 19.9 Å². The van der Waals surface area contributed by atoms with Crippen molar-refractivity contribution < 1.29 is 14.3 Å². The number of anilines is 2. The summed E-state index contributed by atoms with van der Waals surface area (Å²) in [5.74, 6) is -0.0829. The van der Waals surface area contributed by atoms with Gasteiger partial charge in [0.15, 0.2) is 5.11 Å². The van der Waals surface area contributed by atoms with E-state index in [0.29, 0.717) is 22.9 Å². The molecule has 2 aromatic carbocycles. The first-order chi connectivity index (χ1) is 15.5. The van der Waals surface area contributed by atoms with Gasteiger partial charge in [-0.15, -0.1) is 0 Å². The van der Waals surface area contributed by atoms with Crippen LogP contribution in [0.15, 0.2) is 46.4 Å². The highest BCUT2D eigenvalue weighted by Gasteiger charge is 2.37. The Hall–Kier alpha value is -2.71. The van der Waals surface area contributed by atoms with E-state index < -0.39 is 11.8 Å².